The molecule has 1 unspecified atom stereocenters. The van der Waals surface area contributed by atoms with Crippen LogP contribution in [0.5, 0.6) is 0 Å². The molecule has 0 aromatic heterocycles. The highest BCUT2D eigenvalue weighted by atomic mass is 19.3. The second-order valence-corrected chi connectivity index (χ2v) is 4.05. The maximum atomic E-state index is 11.9. The number of benzene rings is 2. The third kappa shape index (κ3) is 3.24. The third-order valence-electron chi connectivity index (χ3n) is 2.68. The molecule has 0 aliphatic carbocycles. The summed E-state index contributed by atoms with van der Waals surface area (Å²) in [5.74, 6) is 0. The van der Waals surface area contributed by atoms with Gasteiger partial charge in [0.25, 0.3) is 6.43 Å². The minimum absolute atomic E-state index is 0.122. The molecule has 0 aliphatic heterocycles. The molecule has 1 atom stereocenters. The van der Waals surface area contributed by atoms with Crippen molar-refractivity contribution in [3.63, 3.8) is 0 Å². The van der Waals surface area contributed by atoms with Gasteiger partial charge in [-0.2, -0.15) is 0 Å². The number of aliphatic hydroxyl groups is 1. The number of aliphatic hydroxyl groups excluding tert-OH is 1. The molecule has 96 valence electrons. The molecule has 0 spiro atoms. The molecule has 0 amide bonds. The fourth-order valence-corrected chi connectivity index (χ4v) is 1.78. The van der Waals surface area contributed by atoms with E-state index in [9.17, 15) is 13.9 Å². The smallest absolute Gasteiger partial charge is 0.261 e. The molecule has 0 heterocycles. The molecular weight excluding hydrogens is 238 g/mol. The number of ether oxygens (including phenoxy) is 1. The first-order chi connectivity index (χ1) is 8.66. The van der Waals surface area contributed by atoms with Crippen molar-refractivity contribution < 1.29 is 18.6 Å². The minimum Gasteiger partial charge on any atom is -0.386 e. The van der Waals surface area contributed by atoms with Crippen LogP contribution in [0.4, 0.5) is 8.78 Å². The van der Waals surface area contributed by atoms with E-state index in [1.165, 1.54) is 0 Å². The van der Waals surface area contributed by atoms with E-state index in [2.05, 4.69) is 0 Å². The van der Waals surface area contributed by atoms with E-state index < -0.39 is 19.1 Å². The monoisotopic (exact) mass is 252 g/mol. The number of hydrogen-bond acceptors (Lipinski definition) is 2. The van der Waals surface area contributed by atoms with Crippen LogP contribution < -0.4 is 0 Å². The van der Waals surface area contributed by atoms with Gasteiger partial charge in [0.05, 0.1) is 6.61 Å². The zero-order valence-corrected chi connectivity index (χ0v) is 9.72. The molecule has 0 aliphatic rings. The van der Waals surface area contributed by atoms with Gasteiger partial charge in [0, 0.05) is 0 Å². The summed E-state index contributed by atoms with van der Waals surface area (Å²) in [6, 6.07) is 13.3. The Kier molecular flexibility index (Phi) is 4.23. The fourth-order valence-electron chi connectivity index (χ4n) is 1.78. The maximum Gasteiger partial charge on any atom is 0.261 e. The summed E-state index contributed by atoms with van der Waals surface area (Å²) >= 11 is 0. The van der Waals surface area contributed by atoms with Gasteiger partial charge in [-0.25, -0.2) is 8.78 Å². The van der Waals surface area contributed by atoms with E-state index in [-0.39, 0.29) is 6.61 Å². The van der Waals surface area contributed by atoms with Crippen LogP contribution in [0, 0.1) is 0 Å². The van der Waals surface area contributed by atoms with Crippen LogP contribution in [-0.2, 0) is 4.74 Å². The Hall–Kier alpha value is -1.52. The first-order valence-electron chi connectivity index (χ1n) is 5.69. The van der Waals surface area contributed by atoms with Gasteiger partial charge in [0.1, 0.15) is 12.7 Å². The van der Waals surface area contributed by atoms with Crippen LogP contribution in [0.3, 0.4) is 0 Å². The van der Waals surface area contributed by atoms with Crippen molar-refractivity contribution in [1.82, 2.24) is 0 Å². The first-order valence-corrected chi connectivity index (χ1v) is 5.69. The van der Waals surface area contributed by atoms with Crippen LogP contribution in [0.1, 0.15) is 11.7 Å². The van der Waals surface area contributed by atoms with E-state index in [0.717, 1.165) is 10.8 Å². The van der Waals surface area contributed by atoms with E-state index >= 15 is 0 Å². The molecule has 2 nitrogen and oxygen atoms in total. The van der Waals surface area contributed by atoms with Crippen LogP contribution in [-0.4, -0.2) is 24.7 Å². The normalized spacial score (nSPS) is 13.1. The summed E-state index contributed by atoms with van der Waals surface area (Å²) < 4.78 is 28.5. The summed E-state index contributed by atoms with van der Waals surface area (Å²) in [7, 11) is 0. The predicted molar refractivity (Wildman–Crippen MR) is 65.7 cm³/mol. The van der Waals surface area contributed by atoms with Gasteiger partial charge in [-0.3, -0.25) is 0 Å². The topological polar surface area (TPSA) is 29.5 Å². The standard InChI is InChI=1S/C14H14F2O2/c15-14(16)9-18-8-13(17)12-6-5-10-3-1-2-4-11(10)7-12/h1-7,13-14,17H,8-9H2. The molecular formula is C14H14F2O2. The minimum atomic E-state index is -2.51. The van der Waals surface area contributed by atoms with Crippen LogP contribution in [0.15, 0.2) is 42.5 Å². The van der Waals surface area contributed by atoms with Gasteiger partial charge in [0.15, 0.2) is 0 Å². The van der Waals surface area contributed by atoms with E-state index in [4.69, 9.17) is 4.74 Å². The van der Waals surface area contributed by atoms with Crippen molar-refractivity contribution in [1.29, 1.82) is 0 Å². The van der Waals surface area contributed by atoms with Gasteiger partial charge >= 0.3 is 0 Å². The number of rotatable bonds is 5. The Labute approximate surface area is 104 Å². The van der Waals surface area contributed by atoms with Gasteiger partial charge in [-0.05, 0) is 22.4 Å². The van der Waals surface area contributed by atoms with Crippen molar-refractivity contribution >= 4 is 10.8 Å². The summed E-state index contributed by atoms with van der Waals surface area (Å²) in [4.78, 5) is 0. The lowest BCUT2D eigenvalue weighted by Gasteiger charge is -2.12. The number of halogens is 2. The Balaban J connectivity index is 2.06. The predicted octanol–water partition coefficient (Wildman–Crippen LogP) is 3.15. The van der Waals surface area contributed by atoms with Crippen LogP contribution >= 0.6 is 0 Å². The molecule has 1 N–H and O–H groups in total. The lowest BCUT2D eigenvalue weighted by Crippen LogP contribution is -2.11. The summed E-state index contributed by atoms with van der Waals surface area (Å²) in [6.07, 6.45) is -3.39. The second-order valence-electron chi connectivity index (χ2n) is 4.05. The molecule has 4 heteroatoms. The molecule has 2 aromatic rings. The number of alkyl halides is 2. The Morgan fingerprint density at radius 2 is 1.72 bits per heavy atom. The maximum absolute atomic E-state index is 11.9. The average molecular weight is 252 g/mol. The largest absolute Gasteiger partial charge is 0.386 e. The summed E-state index contributed by atoms with van der Waals surface area (Å²) in [5.41, 5.74) is 0.669. The van der Waals surface area contributed by atoms with Crippen LogP contribution in [0.2, 0.25) is 0 Å². The second kappa shape index (κ2) is 5.89. The van der Waals surface area contributed by atoms with Crippen molar-refractivity contribution in [2.45, 2.75) is 12.5 Å². The molecule has 2 rings (SSSR count). The molecule has 18 heavy (non-hydrogen) atoms. The van der Waals surface area contributed by atoms with E-state index in [0.29, 0.717) is 5.56 Å². The van der Waals surface area contributed by atoms with Crippen molar-refractivity contribution in [3.05, 3.63) is 48.0 Å². The lowest BCUT2D eigenvalue weighted by atomic mass is 10.0. The SMILES string of the molecule is OC(COCC(F)F)c1ccc2ccccc2c1. The first kappa shape index (κ1) is 12.9. The van der Waals surface area contributed by atoms with Crippen LogP contribution in [0.25, 0.3) is 10.8 Å². The van der Waals surface area contributed by atoms with E-state index in [1.807, 2.05) is 36.4 Å². The Bertz CT molecular complexity index is 514. The molecule has 0 fully saturated rings. The molecule has 0 saturated carbocycles. The van der Waals surface area contributed by atoms with Crippen molar-refractivity contribution in [3.8, 4) is 0 Å². The molecule has 0 saturated heterocycles. The highest BCUT2D eigenvalue weighted by Gasteiger charge is 2.10. The van der Waals surface area contributed by atoms with Crippen molar-refractivity contribution in [2.75, 3.05) is 13.2 Å². The number of hydrogen-bond donors (Lipinski definition) is 1. The van der Waals surface area contributed by atoms with Gasteiger partial charge in [0.2, 0.25) is 0 Å². The molecule has 0 radical (unpaired) electrons. The lowest BCUT2D eigenvalue weighted by molar-refractivity contribution is -0.0204. The van der Waals surface area contributed by atoms with Gasteiger partial charge in [-0.15, -0.1) is 0 Å². The third-order valence-corrected chi connectivity index (χ3v) is 2.68. The highest BCUT2D eigenvalue weighted by molar-refractivity contribution is 5.83. The zero-order chi connectivity index (χ0) is 13.0. The van der Waals surface area contributed by atoms with E-state index in [1.54, 1.807) is 6.07 Å². The average Bonchev–Trinajstić information content (AvgIpc) is 2.37. The van der Waals surface area contributed by atoms with Gasteiger partial charge in [-0.1, -0.05) is 36.4 Å². The highest BCUT2D eigenvalue weighted by Crippen LogP contribution is 2.20. The Morgan fingerprint density at radius 1 is 1.00 bits per heavy atom. The quantitative estimate of drug-likeness (QED) is 0.885. The zero-order valence-electron chi connectivity index (χ0n) is 9.72. The summed E-state index contributed by atoms with van der Waals surface area (Å²) in [6.45, 7) is -0.771. The molecule has 2 aromatic carbocycles. The van der Waals surface area contributed by atoms with Crippen molar-refractivity contribution in [2.24, 2.45) is 0 Å². The molecule has 0 bridgehead atoms. The summed E-state index contributed by atoms with van der Waals surface area (Å²) in [5, 5.41) is 11.9. The fraction of sp³-hybridized carbons (Fsp3) is 0.286. The van der Waals surface area contributed by atoms with Gasteiger partial charge < -0.3 is 9.84 Å². The number of fused-ring (bicyclic) bond motifs is 1. The Morgan fingerprint density at radius 3 is 2.44 bits per heavy atom.